The summed E-state index contributed by atoms with van der Waals surface area (Å²) in [6, 6.07) is 0. The van der Waals surface area contributed by atoms with Gasteiger partial charge in [-0.1, -0.05) is 0 Å². The molecule has 0 aliphatic carbocycles. The van der Waals surface area contributed by atoms with Crippen LogP contribution in [0.15, 0.2) is 0 Å². The van der Waals surface area contributed by atoms with Crippen LogP contribution in [0.4, 0.5) is 0 Å². The predicted molar refractivity (Wildman–Crippen MR) is 42.9 cm³/mol. The Labute approximate surface area is 76.2 Å². The van der Waals surface area contributed by atoms with Crippen molar-refractivity contribution < 1.29 is 19.1 Å². The molecule has 2 rings (SSSR count). The molecule has 13 heavy (non-hydrogen) atoms. The first-order valence-corrected chi connectivity index (χ1v) is 4.58. The Kier molecular flexibility index (Phi) is 2.07. The first-order chi connectivity index (χ1) is 6.20. The maximum absolute atomic E-state index is 11.2. The van der Waals surface area contributed by atoms with E-state index in [9.17, 15) is 9.59 Å². The van der Waals surface area contributed by atoms with Gasteiger partial charge >= 0.3 is 5.97 Å². The van der Waals surface area contributed by atoms with E-state index in [-0.39, 0.29) is 18.2 Å². The molecule has 0 saturated carbocycles. The second kappa shape index (κ2) is 3.10. The summed E-state index contributed by atoms with van der Waals surface area (Å²) in [5.74, 6) is -1.02. The zero-order chi connectivity index (χ0) is 9.31. The van der Waals surface area contributed by atoms with Gasteiger partial charge in [-0.2, -0.15) is 0 Å². The van der Waals surface area contributed by atoms with Crippen molar-refractivity contribution in [3.8, 4) is 0 Å². The molecule has 1 atom stereocenters. The van der Waals surface area contributed by atoms with Gasteiger partial charge in [0.1, 0.15) is 5.78 Å². The first kappa shape index (κ1) is 8.69. The molecule has 0 bridgehead atoms. The van der Waals surface area contributed by atoms with E-state index >= 15 is 0 Å². The molecule has 4 nitrogen and oxygen atoms in total. The van der Waals surface area contributed by atoms with E-state index in [0.29, 0.717) is 25.9 Å². The average Bonchev–Trinajstić information content (AvgIpc) is 2.02. The normalized spacial score (nSPS) is 34.8. The van der Waals surface area contributed by atoms with Gasteiger partial charge in [0.15, 0.2) is 0 Å². The summed E-state index contributed by atoms with van der Waals surface area (Å²) < 4.78 is 10.5. The van der Waals surface area contributed by atoms with Crippen molar-refractivity contribution in [2.45, 2.75) is 37.9 Å². The highest BCUT2D eigenvalue weighted by Gasteiger charge is 2.42. The number of ketones is 1. The van der Waals surface area contributed by atoms with Crippen LogP contribution in [-0.2, 0) is 19.1 Å². The molecule has 1 unspecified atom stereocenters. The number of rotatable bonds is 0. The lowest BCUT2D eigenvalue weighted by atomic mass is 9.96. The molecule has 0 aromatic rings. The fourth-order valence-corrected chi connectivity index (χ4v) is 1.83. The summed E-state index contributed by atoms with van der Waals surface area (Å²) >= 11 is 0. The SMILES string of the molecule is O=C1CCOC2(CCCC(=O)O2)C1. The smallest absolute Gasteiger partial charge is 0.308 e. The zero-order valence-corrected chi connectivity index (χ0v) is 7.38. The largest absolute Gasteiger partial charge is 0.433 e. The summed E-state index contributed by atoms with van der Waals surface area (Å²) in [6.45, 7) is 0.381. The van der Waals surface area contributed by atoms with Crippen LogP contribution in [0.3, 0.4) is 0 Å². The maximum atomic E-state index is 11.2. The Morgan fingerprint density at radius 3 is 2.77 bits per heavy atom. The quantitative estimate of drug-likeness (QED) is 0.522. The Morgan fingerprint density at radius 2 is 2.08 bits per heavy atom. The summed E-state index contributed by atoms with van der Waals surface area (Å²) in [7, 11) is 0. The molecule has 0 aromatic heterocycles. The topological polar surface area (TPSA) is 52.6 Å². The molecule has 2 aliphatic heterocycles. The summed E-state index contributed by atoms with van der Waals surface area (Å²) in [5, 5.41) is 0. The fraction of sp³-hybridized carbons (Fsp3) is 0.778. The van der Waals surface area contributed by atoms with Crippen LogP contribution in [0.1, 0.15) is 32.1 Å². The fourth-order valence-electron chi connectivity index (χ4n) is 1.83. The molecule has 2 fully saturated rings. The van der Waals surface area contributed by atoms with E-state index in [1.54, 1.807) is 0 Å². The summed E-state index contributed by atoms with van der Waals surface area (Å²) in [4.78, 5) is 22.2. The van der Waals surface area contributed by atoms with Gasteiger partial charge in [-0.15, -0.1) is 0 Å². The summed E-state index contributed by atoms with van der Waals surface area (Å²) in [5.41, 5.74) is 0. The van der Waals surface area contributed by atoms with Gasteiger partial charge in [-0.3, -0.25) is 9.59 Å². The molecule has 2 aliphatic rings. The van der Waals surface area contributed by atoms with Crippen LogP contribution in [0.2, 0.25) is 0 Å². The maximum Gasteiger partial charge on any atom is 0.308 e. The van der Waals surface area contributed by atoms with Crippen molar-refractivity contribution in [2.75, 3.05) is 6.61 Å². The minimum Gasteiger partial charge on any atom is -0.433 e. The van der Waals surface area contributed by atoms with Crippen molar-refractivity contribution in [3.63, 3.8) is 0 Å². The van der Waals surface area contributed by atoms with Gasteiger partial charge in [0.2, 0.25) is 5.79 Å². The lowest BCUT2D eigenvalue weighted by molar-refractivity contribution is -0.253. The van der Waals surface area contributed by atoms with Gasteiger partial charge in [0, 0.05) is 19.3 Å². The monoisotopic (exact) mass is 184 g/mol. The van der Waals surface area contributed by atoms with Crippen LogP contribution in [0.5, 0.6) is 0 Å². The van der Waals surface area contributed by atoms with Crippen molar-refractivity contribution in [1.82, 2.24) is 0 Å². The van der Waals surface area contributed by atoms with Crippen LogP contribution in [0.25, 0.3) is 0 Å². The van der Waals surface area contributed by atoms with Crippen LogP contribution < -0.4 is 0 Å². The third kappa shape index (κ3) is 1.72. The molecule has 2 saturated heterocycles. The third-order valence-electron chi connectivity index (χ3n) is 2.45. The van der Waals surface area contributed by atoms with E-state index in [2.05, 4.69) is 0 Å². The van der Waals surface area contributed by atoms with Crippen molar-refractivity contribution >= 4 is 11.8 Å². The van der Waals surface area contributed by atoms with E-state index in [4.69, 9.17) is 9.47 Å². The van der Waals surface area contributed by atoms with E-state index < -0.39 is 5.79 Å². The third-order valence-corrected chi connectivity index (χ3v) is 2.45. The van der Waals surface area contributed by atoms with Gasteiger partial charge < -0.3 is 9.47 Å². The van der Waals surface area contributed by atoms with Gasteiger partial charge in [-0.05, 0) is 6.42 Å². The molecule has 0 radical (unpaired) electrons. The number of carbonyl (C=O) groups excluding carboxylic acids is 2. The number of esters is 1. The molecule has 4 heteroatoms. The molecule has 1 spiro atoms. The van der Waals surface area contributed by atoms with Crippen molar-refractivity contribution in [1.29, 1.82) is 0 Å². The van der Waals surface area contributed by atoms with Crippen LogP contribution >= 0.6 is 0 Å². The number of carbonyl (C=O) groups is 2. The lowest BCUT2D eigenvalue weighted by Crippen LogP contribution is -2.46. The standard InChI is InChI=1S/C9H12O4/c10-7-3-5-12-9(6-7)4-1-2-8(11)13-9/h1-6H2. The number of Topliss-reactive ketones (excluding diaryl/α,β-unsaturated/α-hetero) is 1. The highest BCUT2D eigenvalue weighted by atomic mass is 16.7. The number of hydrogen-bond donors (Lipinski definition) is 0. The van der Waals surface area contributed by atoms with Gasteiger partial charge in [0.05, 0.1) is 13.0 Å². The van der Waals surface area contributed by atoms with E-state index in [1.165, 1.54) is 0 Å². The highest BCUT2D eigenvalue weighted by Crippen LogP contribution is 2.33. The van der Waals surface area contributed by atoms with Crippen LogP contribution in [0, 0.1) is 0 Å². The second-order valence-corrected chi connectivity index (χ2v) is 3.55. The number of ether oxygens (including phenoxy) is 2. The molecule has 2 heterocycles. The van der Waals surface area contributed by atoms with Crippen molar-refractivity contribution in [2.24, 2.45) is 0 Å². The molecule has 0 N–H and O–H groups in total. The molecular weight excluding hydrogens is 172 g/mol. The highest BCUT2D eigenvalue weighted by molar-refractivity contribution is 5.81. The van der Waals surface area contributed by atoms with E-state index in [0.717, 1.165) is 6.42 Å². The van der Waals surface area contributed by atoms with Gasteiger partial charge in [0.25, 0.3) is 0 Å². The minimum atomic E-state index is -0.898. The predicted octanol–water partition coefficient (Wildman–Crippen LogP) is 0.789. The lowest BCUT2D eigenvalue weighted by Gasteiger charge is -2.38. The van der Waals surface area contributed by atoms with E-state index in [1.807, 2.05) is 0 Å². The Balaban J connectivity index is 2.09. The van der Waals surface area contributed by atoms with Gasteiger partial charge in [-0.25, -0.2) is 0 Å². The zero-order valence-electron chi connectivity index (χ0n) is 7.38. The molecule has 72 valence electrons. The van der Waals surface area contributed by atoms with Crippen LogP contribution in [-0.4, -0.2) is 24.1 Å². The first-order valence-electron chi connectivity index (χ1n) is 4.58. The molecule has 0 amide bonds. The molecular formula is C9H12O4. The Hall–Kier alpha value is -0.900. The second-order valence-electron chi connectivity index (χ2n) is 3.55. The number of hydrogen-bond acceptors (Lipinski definition) is 4. The average molecular weight is 184 g/mol. The van der Waals surface area contributed by atoms with Crippen molar-refractivity contribution in [3.05, 3.63) is 0 Å². The Bertz CT molecular complexity index is 220. The summed E-state index contributed by atoms with van der Waals surface area (Å²) in [6.07, 6.45) is 2.54. The Morgan fingerprint density at radius 1 is 1.23 bits per heavy atom. The minimum absolute atomic E-state index is 0.126. The molecule has 0 aromatic carbocycles.